The first kappa shape index (κ1) is 18.7. The molecule has 1 aromatic carbocycles. The van der Waals surface area contributed by atoms with Crippen LogP contribution in [0.1, 0.15) is 27.5 Å². The molecule has 0 unspecified atom stereocenters. The Morgan fingerprint density at radius 3 is 2.35 bits per heavy atom. The molecule has 0 saturated heterocycles. The molecule has 26 heavy (non-hydrogen) atoms. The van der Waals surface area contributed by atoms with E-state index in [1.54, 1.807) is 11.3 Å². The van der Waals surface area contributed by atoms with E-state index < -0.39 is 11.7 Å². The number of aromatic nitrogens is 1. The van der Waals surface area contributed by atoms with E-state index >= 15 is 0 Å². The van der Waals surface area contributed by atoms with Crippen LogP contribution >= 0.6 is 11.3 Å². The summed E-state index contributed by atoms with van der Waals surface area (Å²) in [4.78, 5) is 7.92. The highest BCUT2D eigenvalue weighted by atomic mass is 32.1. The van der Waals surface area contributed by atoms with Crippen molar-refractivity contribution in [2.75, 3.05) is 7.05 Å². The molecule has 0 spiro atoms. The summed E-state index contributed by atoms with van der Waals surface area (Å²) in [6, 6.07) is 6.95. The summed E-state index contributed by atoms with van der Waals surface area (Å²) in [6.45, 7) is 5.32. The van der Waals surface area contributed by atoms with Crippen LogP contribution in [0.25, 0.3) is 11.5 Å². The quantitative estimate of drug-likeness (QED) is 0.571. The maximum Gasteiger partial charge on any atom is 0.416 e. The van der Waals surface area contributed by atoms with Gasteiger partial charge in [-0.2, -0.15) is 13.2 Å². The van der Waals surface area contributed by atoms with Crippen LogP contribution in [-0.4, -0.2) is 16.9 Å². The monoisotopic (exact) mass is 380 g/mol. The Bertz CT molecular complexity index is 881. The van der Waals surface area contributed by atoms with Crippen molar-refractivity contribution in [3.63, 3.8) is 0 Å². The van der Waals surface area contributed by atoms with Crippen molar-refractivity contribution in [3.8, 4) is 11.5 Å². The Morgan fingerprint density at radius 2 is 1.77 bits per heavy atom. The van der Waals surface area contributed by atoms with E-state index in [0.717, 1.165) is 24.4 Å². The van der Waals surface area contributed by atoms with Gasteiger partial charge in [-0.1, -0.05) is 0 Å². The molecule has 3 nitrogen and oxygen atoms in total. The predicted octanol–water partition coefficient (Wildman–Crippen LogP) is 5.67. The van der Waals surface area contributed by atoms with Gasteiger partial charge >= 0.3 is 6.18 Å². The van der Waals surface area contributed by atoms with E-state index in [1.807, 2.05) is 14.0 Å². The van der Waals surface area contributed by atoms with E-state index in [2.05, 4.69) is 28.3 Å². The van der Waals surface area contributed by atoms with Crippen LogP contribution < -0.4 is 0 Å². The fourth-order valence-electron chi connectivity index (χ4n) is 2.62. The average Bonchev–Trinajstić information content (AvgIpc) is 3.13. The van der Waals surface area contributed by atoms with Crippen LogP contribution in [0.2, 0.25) is 0 Å². The first-order chi connectivity index (χ1) is 12.2. The van der Waals surface area contributed by atoms with Crippen LogP contribution in [0.3, 0.4) is 0 Å². The van der Waals surface area contributed by atoms with Gasteiger partial charge in [0.1, 0.15) is 5.76 Å². The molecule has 0 bridgehead atoms. The standard InChI is InChI=1S/C19H19F3N2OS/c1-12-8-9-26-17(12)11-24(3)10-16-13(2)25-18(23-16)14-4-6-15(7-5-14)19(20,21)22/h4-9H,10-11H2,1-3H3. The van der Waals surface area contributed by atoms with Gasteiger partial charge in [0, 0.05) is 23.5 Å². The molecule has 0 N–H and O–H groups in total. The molecule has 0 radical (unpaired) electrons. The minimum atomic E-state index is -4.35. The Hall–Kier alpha value is -2.12. The third-order valence-electron chi connectivity index (χ3n) is 4.15. The normalized spacial score (nSPS) is 12.1. The minimum Gasteiger partial charge on any atom is -0.441 e. The fourth-order valence-corrected chi connectivity index (χ4v) is 3.61. The topological polar surface area (TPSA) is 29.3 Å². The van der Waals surface area contributed by atoms with Crippen molar-refractivity contribution in [3.05, 3.63) is 63.2 Å². The van der Waals surface area contributed by atoms with Crippen LogP contribution in [0.15, 0.2) is 40.1 Å². The molecule has 2 heterocycles. The number of hydrogen-bond acceptors (Lipinski definition) is 4. The van der Waals surface area contributed by atoms with Gasteiger partial charge in [0.25, 0.3) is 0 Å². The molecular formula is C19H19F3N2OS. The number of benzene rings is 1. The molecule has 3 aromatic rings. The van der Waals surface area contributed by atoms with E-state index in [9.17, 15) is 13.2 Å². The Kier molecular flexibility index (Phi) is 5.20. The lowest BCUT2D eigenvalue weighted by Crippen LogP contribution is -2.17. The van der Waals surface area contributed by atoms with Crippen molar-refractivity contribution >= 4 is 11.3 Å². The molecule has 0 aliphatic heterocycles. The zero-order valence-electron chi connectivity index (χ0n) is 14.7. The number of rotatable bonds is 5. The van der Waals surface area contributed by atoms with Gasteiger partial charge in [-0.15, -0.1) is 11.3 Å². The number of halogens is 3. The number of thiophene rings is 1. The highest BCUT2D eigenvalue weighted by Crippen LogP contribution is 2.31. The molecule has 2 aromatic heterocycles. The first-order valence-electron chi connectivity index (χ1n) is 8.09. The van der Waals surface area contributed by atoms with E-state index in [4.69, 9.17) is 4.42 Å². The third-order valence-corrected chi connectivity index (χ3v) is 5.16. The summed E-state index contributed by atoms with van der Waals surface area (Å²) in [5.74, 6) is 1.02. The molecular weight excluding hydrogens is 361 g/mol. The fraction of sp³-hybridized carbons (Fsp3) is 0.316. The molecule has 0 aliphatic carbocycles. The van der Waals surface area contributed by atoms with Gasteiger partial charge in [-0.25, -0.2) is 4.98 Å². The summed E-state index contributed by atoms with van der Waals surface area (Å²) >= 11 is 1.72. The Morgan fingerprint density at radius 1 is 1.08 bits per heavy atom. The van der Waals surface area contributed by atoms with Gasteiger partial charge < -0.3 is 4.42 Å². The Balaban J connectivity index is 1.73. The smallest absolute Gasteiger partial charge is 0.416 e. The first-order valence-corrected chi connectivity index (χ1v) is 8.97. The van der Waals surface area contributed by atoms with Crippen molar-refractivity contribution in [2.45, 2.75) is 33.1 Å². The van der Waals surface area contributed by atoms with Crippen molar-refractivity contribution in [1.29, 1.82) is 0 Å². The second kappa shape index (κ2) is 7.25. The van der Waals surface area contributed by atoms with Gasteiger partial charge in [0.2, 0.25) is 5.89 Å². The number of hydrogen-bond donors (Lipinski definition) is 0. The molecule has 138 valence electrons. The molecule has 0 saturated carbocycles. The second-order valence-corrected chi connectivity index (χ2v) is 7.30. The number of aryl methyl sites for hydroxylation is 2. The Labute approximate surface area is 154 Å². The molecule has 0 fully saturated rings. The third kappa shape index (κ3) is 4.16. The molecule has 7 heteroatoms. The maximum atomic E-state index is 12.7. The summed E-state index contributed by atoms with van der Waals surface area (Å²) < 4.78 is 43.7. The van der Waals surface area contributed by atoms with Gasteiger partial charge in [0.15, 0.2) is 0 Å². The van der Waals surface area contributed by atoms with Crippen LogP contribution in [0, 0.1) is 13.8 Å². The highest BCUT2D eigenvalue weighted by molar-refractivity contribution is 7.10. The zero-order chi connectivity index (χ0) is 18.9. The minimum absolute atomic E-state index is 0.340. The SMILES string of the molecule is Cc1ccsc1CN(C)Cc1nc(-c2ccc(C(F)(F)F)cc2)oc1C. The van der Waals surface area contributed by atoms with E-state index in [1.165, 1.54) is 22.6 Å². The number of oxazole rings is 1. The highest BCUT2D eigenvalue weighted by Gasteiger charge is 2.30. The molecule has 0 aliphatic rings. The number of nitrogens with zero attached hydrogens (tertiary/aromatic N) is 2. The van der Waals surface area contributed by atoms with Crippen molar-refractivity contribution in [2.24, 2.45) is 0 Å². The maximum absolute atomic E-state index is 12.7. The lowest BCUT2D eigenvalue weighted by Gasteiger charge is -2.14. The average molecular weight is 380 g/mol. The molecule has 0 atom stereocenters. The summed E-state index contributed by atoms with van der Waals surface area (Å²) in [5.41, 5.74) is 1.90. The molecule has 0 amide bonds. The molecule has 3 rings (SSSR count). The second-order valence-electron chi connectivity index (χ2n) is 6.30. The predicted molar refractivity (Wildman–Crippen MR) is 95.9 cm³/mol. The zero-order valence-corrected chi connectivity index (χ0v) is 15.5. The number of alkyl halides is 3. The lowest BCUT2D eigenvalue weighted by atomic mass is 10.1. The summed E-state index contributed by atoms with van der Waals surface area (Å²) in [7, 11) is 2.01. The summed E-state index contributed by atoms with van der Waals surface area (Å²) in [5, 5.41) is 2.07. The van der Waals surface area contributed by atoms with Crippen molar-refractivity contribution < 1.29 is 17.6 Å². The van der Waals surface area contributed by atoms with Gasteiger partial charge in [-0.3, -0.25) is 4.90 Å². The van der Waals surface area contributed by atoms with Gasteiger partial charge in [0.05, 0.1) is 11.3 Å². The van der Waals surface area contributed by atoms with E-state index in [-0.39, 0.29) is 0 Å². The van der Waals surface area contributed by atoms with Crippen molar-refractivity contribution in [1.82, 2.24) is 9.88 Å². The van der Waals surface area contributed by atoms with Crippen LogP contribution in [0.5, 0.6) is 0 Å². The lowest BCUT2D eigenvalue weighted by molar-refractivity contribution is -0.137. The van der Waals surface area contributed by atoms with E-state index in [0.29, 0.717) is 23.8 Å². The van der Waals surface area contributed by atoms with Crippen LogP contribution in [-0.2, 0) is 19.3 Å². The van der Waals surface area contributed by atoms with Gasteiger partial charge in [-0.05, 0) is 62.2 Å². The largest absolute Gasteiger partial charge is 0.441 e. The summed E-state index contributed by atoms with van der Waals surface area (Å²) in [6.07, 6.45) is -4.35. The van der Waals surface area contributed by atoms with Crippen LogP contribution in [0.4, 0.5) is 13.2 Å².